The zero-order valence-corrected chi connectivity index (χ0v) is 7.23. The van der Waals surface area contributed by atoms with Crippen molar-refractivity contribution >= 4 is 9.84 Å². The van der Waals surface area contributed by atoms with Gasteiger partial charge in [0.1, 0.15) is 4.87 Å². The zero-order chi connectivity index (χ0) is 8.54. The predicted molar refractivity (Wildman–Crippen MR) is 43.4 cm³/mol. The van der Waals surface area contributed by atoms with Crippen molar-refractivity contribution in [3.63, 3.8) is 0 Å². The molecule has 66 valence electrons. The molecule has 0 atom stereocenters. The van der Waals surface area contributed by atoms with Gasteiger partial charge in [0.2, 0.25) is 0 Å². The van der Waals surface area contributed by atoms with Crippen molar-refractivity contribution in [3.05, 3.63) is 0 Å². The van der Waals surface area contributed by atoms with Crippen LogP contribution in [0.15, 0.2) is 0 Å². The number of rotatable bonds is 2. The van der Waals surface area contributed by atoms with Crippen LogP contribution in [-0.2, 0) is 9.84 Å². The molecule has 4 nitrogen and oxygen atoms in total. The summed E-state index contributed by atoms with van der Waals surface area (Å²) in [5, 5.41) is 0. The molecule has 0 bridgehead atoms. The maximum atomic E-state index is 11.3. The van der Waals surface area contributed by atoms with Gasteiger partial charge in [0.15, 0.2) is 9.84 Å². The van der Waals surface area contributed by atoms with Crippen LogP contribution >= 0.6 is 0 Å². The summed E-state index contributed by atoms with van der Waals surface area (Å²) in [4.78, 5) is -1.01. The first-order valence-corrected chi connectivity index (χ1v) is 5.38. The molecule has 0 aromatic heterocycles. The summed E-state index contributed by atoms with van der Waals surface area (Å²) < 4.78 is 22.5. The van der Waals surface area contributed by atoms with E-state index in [0.717, 1.165) is 12.8 Å². The normalized spacial score (nSPS) is 23.8. The van der Waals surface area contributed by atoms with Gasteiger partial charge in [0, 0.05) is 0 Å². The van der Waals surface area contributed by atoms with Gasteiger partial charge in [-0.2, -0.15) is 0 Å². The number of nitrogens with two attached hydrogens (primary N) is 2. The summed E-state index contributed by atoms with van der Waals surface area (Å²) in [5.41, 5.74) is 10.8. The number of sulfone groups is 1. The van der Waals surface area contributed by atoms with Gasteiger partial charge in [-0.1, -0.05) is 12.8 Å². The Bertz CT molecular complexity index is 229. The SMILES string of the molecule is NCS(=O)(=O)C1(N)CCCC1. The quantitative estimate of drug-likeness (QED) is 0.599. The maximum absolute atomic E-state index is 11.3. The molecule has 1 saturated carbocycles. The van der Waals surface area contributed by atoms with Crippen molar-refractivity contribution in [2.75, 3.05) is 5.88 Å². The predicted octanol–water partition coefficient (Wildman–Crippen LogP) is -0.454. The third-order valence-electron chi connectivity index (χ3n) is 2.29. The highest BCUT2D eigenvalue weighted by Gasteiger charge is 2.41. The smallest absolute Gasteiger partial charge is 0.181 e. The van der Waals surface area contributed by atoms with Crippen molar-refractivity contribution in [3.8, 4) is 0 Å². The first kappa shape index (κ1) is 8.96. The zero-order valence-electron chi connectivity index (χ0n) is 6.41. The molecule has 4 N–H and O–H groups in total. The minimum atomic E-state index is -3.24. The molecule has 11 heavy (non-hydrogen) atoms. The van der Waals surface area contributed by atoms with E-state index in [-0.39, 0.29) is 5.88 Å². The van der Waals surface area contributed by atoms with E-state index in [9.17, 15) is 8.42 Å². The van der Waals surface area contributed by atoms with Crippen molar-refractivity contribution in [2.24, 2.45) is 11.5 Å². The maximum Gasteiger partial charge on any atom is 0.181 e. The van der Waals surface area contributed by atoms with E-state index < -0.39 is 14.7 Å². The molecular weight excluding hydrogens is 164 g/mol. The van der Waals surface area contributed by atoms with Crippen molar-refractivity contribution in [1.29, 1.82) is 0 Å². The van der Waals surface area contributed by atoms with Gasteiger partial charge in [-0.3, -0.25) is 0 Å². The van der Waals surface area contributed by atoms with Crippen LogP contribution in [0.3, 0.4) is 0 Å². The Balaban J connectivity index is 2.88. The monoisotopic (exact) mass is 178 g/mol. The molecule has 0 saturated heterocycles. The Morgan fingerprint density at radius 3 is 2.09 bits per heavy atom. The second-order valence-electron chi connectivity index (χ2n) is 3.05. The van der Waals surface area contributed by atoms with Crippen LogP contribution in [0.25, 0.3) is 0 Å². The van der Waals surface area contributed by atoms with Crippen molar-refractivity contribution in [1.82, 2.24) is 0 Å². The second kappa shape index (κ2) is 2.73. The topological polar surface area (TPSA) is 86.2 Å². The van der Waals surface area contributed by atoms with Crippen molar-refractivity contribution < 1.29 is 8.42 Å². The molecule has 0 aliphatic heterocycles. The molecule has 1 fully saturated rings. The lowest BCUT2D eigenvalue weighted by Gasteiger charge is -2.22. The minimum absolute atomic E-state index is 0.330. The van der Waals surface area contributed by atoms with E-state index in [2.05, 4.69) is 0 Å². The lowest BCUT2D eigenvalue weighted by atomic mass is 10.3. The fourth-order valence-corrected chi connectivity index (χ4v) is 2.69. The summed E-state index contributed by atoms with van der Waals surface area (Å²) in [7, 11) is -3.24. The minimum Gasteiger partial charge on any atom is -0.318 e. The number of hydrogen-bond donors (Lipinski definition) is 2. The van der Waals surface area contributed by atoms with Gasteiger partial charge in [-0.25, -0.2) is 8.42 Å². The fourth-order valence-electron chi connectivity index (χ4n) is 1.45. The van der Waals surface area contributed by atoms with Crippen LogP contribution < -0.4 is 11.5 Å². The Labute approximate surface area is 66.9 Å². The van der Waals surface area contributed by atoms with E-state index in [0.29, 0.717) is 12.8 Å². The van der Waals surface area contributed by atoms with Gasteiger partial charge >= 0.3 is 0 Å². The molecule has 1 aliphatic rings. The average molecular weight is 178 g/mol. The highest BCUT2D eigenvalue weighted by molar-refractivity contribution is 7.92. The Morgan fingerprint density at radius 2 is 1.73 bits per heavy atom. The van der Waals surface area contributed by atoms with Gasteiger partial charge in [0.25, 0.3) is 0 Å². The highest BCUT2D eigenvalue weighted by atomic mass is 32.2. The molecule has 1 rings (SSSR count). The van der Waals surface area contributed by atoms with Crippen LogP contribution in [0.4, 0.5) is 0 Å². The molecule has 0 amide bonds. The Kier molecular flexibility index (Phi) is 2.22. The van der Waals surface area contributed by atoms with E-state index in [4.69, 9.17) is 11.5 Å². The van der Waals surface area contributed by atoms with Crippen LogP contribution in [0.5, 0.6) is 0 Å². The summed E-state index contributed by atoms with van der Waals surface area (Å²) in [6, 6.07) is 0. The second-order valence-corrected chi connectivity index (χ2v) is 5.43. The van der Waals surface area contributed by atoms with Gasteiger partial charge in [0.05, 0.1) is 5.88 Å². The van der Waals surface area contributed by atoms with Gasteiger partial charge in [-0.05, 0) is 12.8 Å². The molecule has 0 unspecified atom stereocenters. The third-order valence-corrected chi connectivity index (χ3v) is 4.37. The summed E-state index contributed by atoms with van der Waals surface area (Å²) >= 11 is 0. The summed E-state index contributed by atoms with van der Waals surface area (Å²) in [5.74, 6) is -0.330. The molecule has 0 radical (unpaired) electrons. The molecular formula is C6H14N2O2S. The standard InChI is InChI=1S/C6H14N2O2S/c7-5-11(9,10)6(8)3-1-2-4-6/h1-5,7-8H2. The van der Waals surface area contributed by atoms with Crippen molar-refractivity contribution in [2.45, 2.75) is 30.6 Å². The van der Waals surface area contributed by atoms with Crippen LogP contribution in [0.1, 0.15) is 25.7 Å². The molecule has 1 aliphatic carbocycles. The molecule has 0 aromatic carbocycles. The molecule has 0 aromatic rings. The first-order valence-electron chi connectivity index (χ1n) is 3.73. The summed E-state index contributed by atoms with van der Waals surface area (Å²) in [6.07, 6.45) is 2.92. The summed E-state index contributed by atoms with van der Waals surface area (Å²) in [6.45, 7) is 0. The van der Waals surface area contributed by atoms with Crippen LogP contribution in [-0.4, -0.2) is 19.2 Å². The molecule has 0 heterocycles. The first-order chi connectivity index (χ1) is 5.02. The average Bonchev–Trinajstić information content (AvgIpc) is 2.38. The van der Waals surface area contributed by atoms with Crippen LogP contribution in [0, 0.1) is 0 Å². The molecule has 0 spiro atoms. The third kappa shape index (κ3) is 1.40. The lowest BCUT2D eigenvalue weighted by Crippen LogP contribution is -2.47. The largest absolute Gasteiger partial charge is 0.318 e. The Hall–Kier alpha value is -0.130. The fraction of sp³-hybridized carbons (Fsp3) is 1.00. The number of hydrogen-bond acceptors (Lipinski definition) is 4. The molecule has 5 heteroatoms. The van der Waals surface area contributed by atoms with E-state index >= 15 is 0 Å². The van der Waals surface area contributed by atoms with Crippen LogP contribution in [0.2, 0.25) is 0 Å². The highest BCUT2D eigenvalue weighted by Crippen LogP contribution is 2.31. The van der Waals surface area contributed by atoms with E-state index in [1.54, 1.807) is 0 Å². The van der Waals surface area contributed by atoms with Gasteiger partial charge < -0.3 is 11.5 Å². The lowest BCUT2D eigenvalue weighted by molar-refractivity contribution is 0.521. The van der Waals surface area contributed by atoms with Gasteiger partial charge in [-0.15, -0.1) is 0 Å². The van der Waals surface area contributed by atoms with E-state index in [1.807, 2.05) is 0 Å². The van der Waals surface area contributed by atoms with E-state index in [1.165, 1.54) is 0 Å². The Morgan fingerprint density at radius 1 is 1.27 bits per heavy atom.